The van der Waals surface area contributed by atoms with E-state index in [-0.39, 0.29) is 55.8 Å². The lowest BCUT2D eigenvalue weighted by Crippen LogP contribution is -2.59. The van der Waals surface area contributed by atoms with Crippen LogP contribution in [0.4, 0.5) is 0 Å². The third-order valence-corrected chi connectivity index (χ3v) is 4.89. The number of imide groups is 1. The van der Waals surface area contributed by atoms with Crippen LogP contribution in [-0.4, -0.2) is 68.2 Å². The fraction of sp³-hybridized carbons (Fsp3) is 0.444. The zero-order chi connectivity index (χ0) is 21.1. The molecule has 3 atom stereocenters. The second-order valence-electron chi connectivity index (χ2n) is 6.69. The lowest BCUT2D eigenvalue weighted by atomic mass is 9.84. The maximum absolute atomic E-state index is 12.8. The first-order valence-corrected chi connectivity index (χ1v) is 8.76. The molecule has 7 N–H and O–H groups in total. The van der Waals surface area contributed by atoms with E-state index in [0.717, 1.165) is 0 Å². The van der Waals surface area contributed by atoms with Crippen molar-refractivity contribution in [3.05, 3.63) is 35.4 Å². The van der Waals surface area contributed by atoms with Crippen molar-refractivity contribution in [1.29, 1.82) is 0 Å². The SMILES string of the molecule is Cl.NCCCC(O)(C(=O)O)C(CCC(N)C(=O)O)N1C(=O)c2ccccc2C1=O. The van der Waals surface area contributed by atoms with E-state index >= 15 is 0 Å². The predicted molar refractivity (Wildman–Crippen MR) is 104 cm³/mol. The molecule has 1 aliphatic rings. The summed E-state index contributed by atoms with van der Waals surface area (Å²) in [5, 5.41) is 29.6. The second-order valence-corrected chi connectivity index (χ2v) is 6.69. The molecule has 29 heavy (non-hydrogen) atoms. The Kier molecular flexibility index (Phi) is 8.27. The summed E-state index contributed by atoms with van der Waals surface area (Å²) in [4.78, 5) is 49.2. The number of aliphatic hydroxyl groups is 1. The van der Waals surface area contributed by atoms with E-state index in [1.165, 1.54) is 12.1 Å². The maximum Gasteiger partial charge on any atom is 0.337 e. The first-order valence-electron chi connectivity index (χ1n) is 8.76. The van der Waals surface area contributed by atoms with Crippen LogP contribution in [0.25, 0.3) is 0 Å². The van der Waals surface area contributed by atoms with Gasteiger partial charge in [-0.2, -0.15) is 0 Å². The number of carboxylic acid groups (broad SMARTS) is 2. The zero-order valence-corrected chi connectivity index (χ0v) is 16.3. The molecule has 160 valence electrons. The third kappa shape index (κ3) is 4.73. The van der Waals surface area contributed by atoms with E-state index in [4.69, 9.17) is 16.6 Å². The molecule has 10 nitrogen and oxygen atoms in total. The van der Waals surface area contributed by atoms with E-state index < -0.39 is 41.4 Å². The monoisotopic (exact) mass is 429 g/mol. The van der Waals surface area contributed by atoms with Gasteiger partial charge in [-0.05, 0) is 44.4 Å². The first-order chi connectivity index (χ1) is 13.1. The average Bonchev–Trinajstić information content (AvgIpc) is 2.91. The Hall–Kier alpha value is -2.53. The highest BCUT2D eigenvalue weighted by molar-refractivity contribution is 6.21. The van der Waals surface area contributed by atoms with Gasteiger partial charge in [0.25, 0.3) is 11.8 Å². The smallest absolute Gasteiger partial charge is 0.337 e. The summed E-state index contributed by atoms with van der Waals surface area (Å²) < 4.78 is 0. The summed E-state index contributed by atoms with van der Waals surface area (Å²) in [6.07, 6.45) is -0.745. The summed E-state index contributed by atoms with van der Waals surface area (Å²) in [6.45, 7) is 0.0824. The summed E-state index contributed by atoms with van der Waals surface area (Å²) in [6, 6.07) is 3.12. The number of nitrogens with zero attached hydrogens (tertiary/aromatic N) is 1. The highest BCUT2D eigenvalue weighted by atomic mass is 35.5. The molecule has 0 aliphatic carbocycles. The number of fused-ring (bicyclic) bond motifs is 1. The van der Waals surface area contributed by atoms with Gasteiger partial charge in [0.15, 0.2) is 5.60 Å². The van der Waals surface area contributed by atoms with Crippen LogP contribution in [0.3, 0.4) is 0 Å². The normalized spacial score (nSPS) is 17.1. The number of aliphatic carboxylic acids is 2. The molecule has 0 radical (unpaired) electrons. The molecule has 3 unspecified atom stereocenters. The number of carbonyl (C=O) groups excluding carboxylic acids is 2. The van der Waals surface area contributed by atoms with Gasteiger partial charge in [0.1, 0.15) is 6.04 Å². The van der Waals surface area contributed by atoms with Gasteiger partial charge in [-0.1, -0.05) is 12.1 Å². The number of hydrogen-bond acceptors (Lipinski definition) is 7. The predicted octanol–water partition coefficient (Wildman–Crippen LogP) is -0.180. The molecular formula is C18H24ClN3O7. The van der Waals surface area contributed by atoms with Crippen molar-refractivity contribution in [2.45, 2.75) is 43.4 Å². The highest BCUT2D eigenvalue weighted by Gasteiger charge is 2.52. The lowest BCUT2D eigenvalue weighted by Gasteiger charge is -2.37. The van der Waals surface area contributed by atoms with Gasteiger partial charge in [0.2, 0.25) is 0 Å². The molecule has 2 rings (SSSR count). The van der Waals surface area contributed by atoms with Crippen LogP contribution < -0.4 is 11.5 Å². The molecular weight excluding hydrogens is 406 g/mol. The van der Waals surface area contributed by atoms with Crippen molar-refractivity contribution in [2.75, 3.05) is 6.54 Å². The van der Waals surface area contributed by atoms with E-state index in [1.807, 2.05) is 0 Å². The summed E-state index contributed by atoms with van der Waals surface area (Å²) in [5.74, 6) is -4.45. The number of carboxylic acids is 2. The highest BCUT2D eigenvalue weighted by Crippen LogP contribution is 2.33. The largest absolute Gasteiger partial charge is 0.480 e. The van der Waals surface area contributed by atoms with Crippen molar-refractivity contribution in [1.82, 2.24) is 4.90 Å². The van der Waals surface area contributed by atoms with Crippen LogP contribution in [0.15, 0.2) is 24.3 Å². The molecule has 1 aromatic carbocycles. The van der Waals surface area contributed by atoms with E-state index in [2.05, 4.69) is 0 Å². The Morgan fingerprint density at radius 3 is 2.00 bits per heavy atom. The molecule has 0 saturated carbocycles. The topological polar surface area (TPSA) is 184 Å². The van der Waals surface area contributed by atoms with Gasteiger partial charge in [0.05, 0.1) is 17.2 Å². The lowest BCUT2D eigenvalue weighted by molar-refractivity contribution is -0.165. The Bertz CT molecular complexity index is 768. The minimum absolute atomic E-state index is 0. The molecule has 2 amide bonds. The molecule has 0 spiro atoms. The molecule has 0 aromatic heterocycles. The van der Waals surface area contributed by atoms with Crippen molar-refractivity contribution in [2.24, 2.45) is 11.5 Å². The molecule has 1 aromatic rings. The molecule has 1 heterocycles. The number of amides is 2. The van der Waals surface area contributed by atoms with Gasteiger partial charge in [0, 0.05) is 0 Å². The van der Waals surface area contributed by atoms with Crippen LogP contribution in [0.2, 0.25) is 0 Å². The Balaban J connectivity index is 0.00000420. The number of carbonyl (C=O) groups is 4. The molecule has 1 aliphatic heterocycles. The van der Waals surface area contributed by atoms with Crippen LogP contribution in [0, 0.1) is 0 Å². The molecule has 0 saturated heterocycles. The number of halogens is 1. The van der Waals surface area contributed by atoms with Gasteiger partial charge in [-0.3, -0.25) is 19.3 Å². The van der Waals surface area contributed by atoms with Crippen molar-refractivity contribution < 1.29 is 34.5 Å². The number of hydrogen-bond donors (Lipinski definition) is 5. The summed E-state index contributed by atoms with van der Waals surface area (Å²) >= 11 is 0. The van der Waals surface area contributed by atoms with Crippen LogP contribution in [-0.2, 0) is 9.59 Å². The van der Waals surface area contributed by atoms with Crippen molar-refractivity contribution >= 4 is 36.2 Å². The van der Waals surface area contributed by atoms with E-state index in [0.29, 0.717) is 4.90 Å². The first kappa shape index (κ1) is 24.5. The fourth-order valence-electron chi connectivity index (χ4n) is 3.32. The van der Waals surface area contributed by atoms with Crippen LogP contribution >= 0.6 is 12.4 Å². The molecule has 11 heteroatoms. The Morgan fingerprint density at radius 1 is 1.07 bits per heavy atom. The Morgan fingerprint density at radius 2 is 1.59 bits per heavy atom. The average molecular weight is 430 g/mol. The summed E-state index contributed by atoms with van der Waals surface area (Å²) in [5.41, 5.74) is 8.61. The van der Waals surface area contributed by atoms with E-state index in [1.54, 1.807) is 12.1 Å². The number of rotatable bonds is 10. The van der Waals surface area contributed by atoms with Gasteiger partial charge < -0.3 is 26.8 Å². The minimum Gasteiger partial charge on any atom is -0.480 e. The van der Waals surface area contributed by atoms with Crippen LogP contribution in [0.1, 0.15) is 46.4 Å². The van der Waals surface area contributed by atoms with Gasteiger partial charge in [-0.15, -0.1) is 12.4 Å². The molecule has 0 bridgehead atoms. The van der Waals surface area contributed by atoms with Crippen molar-refractivity contribution in [3.63, 3.8) is 0 Å². The standard InChI is InChI=1S/C18H23N3O7.ClH/c19-9-3-8-18(28,17(26)27)13(7-6-12(20)16(24)25)21-14(22)10-4-1-2-5-11(10)15(21)23;/h1-2,4-5,12-13,28H,3,6-9,19-20H2,(H,24,25)(H,26,27);1H. The second kappa shape index (κ2) is 9.79. The van der Waals surface area contributed by atoms with Crippen LogP contribution in [0.5, 0.6) is 0 Å². The third-order valence-electron chi connectivity index (χ3n) is 4.89. The fourth-order valence-corrected chi connectivity index (χ4v) is 3.32. The quantitative estimate of drug-likeness (QED) is 0.314. The number of benzene rings is 1. The minimum atomic E-state index is -2.50. The number of nitrogens with two attached hydrogens (primary N) is 2. The Labute approximate surface area is 172 Å². The summed E-state index contributed by atoms with van der Waals surface area (Å²) in [7, 11) is 0. The van der Waals surface area contributed by atoms with E-state index in [9.17, 15) is 29.4 Å². The van der Waals surface area contributed by atoms with Crippen molar-refractivity contribution in [3.8, 4) is 0 Å². The van der Waals surface area contributed by atoms with Gasteiger partial charge in [-0.25, -0.2) is 4.79 Å². The zero-order valence-electron chi connectivity index (χ0n) is 15.5. The molecule has 0 fully saturated rings. The maximum atomic E-state index is 12.8. The van der Waals surface area contributed by atoms with Gasteiger partial charge >= 0.3 is 11.9 Å².